The maximum Gasteiger partial charge on any atom is 0.255 e. The summed E-state index contributed by atoms with van der Waals surface area (Å²) in [6, 6.07) is 25.9. The van der Waals surface area contributed by atoms with Crippen LogP contribution in [0.4, 0.5) is 11.4 Å². The van der Waals surface area contributed by atoms with Crippen molar-refractivity contribution in [3.05, 3.63) is 90.0 Å². The predicted molar refractivity (Wildman–Crippen MR) is 132 cm³/mol. The van der Waals surface area contributed by atoms with Crippen LogP contribution in [0.25, 0.3) is 0 Å². The third-order valence-corrected chi connectivity index (χ3v) is 6.66. The number of amides is 1. The summed E-state index contributed by atoms with van der Waals surface area (Å²) in [7, 11) is 0. The molecule has 2 atom stereocenters. The number of rotatable bonds is 5. The lowest BCUT2D eigenvalue weighted by molar-refractivity contribution is 0.0921. The van der Waals surface area contributed by atoms with Crippen molar-refractivity contribution in [1.29, 1.82) is 0 Å². The summed E-state index contributed by atoms with van der Waals surface area (Å²) in [4.78, 5) is 20.1. The van der Waals surface area contributed by atoms with Gasteiger partial charge in [-0.3, -0.25) is 9.69 Å². The van der Waals surface area contributed by atoms with Gasteiger partial charge in [0.2, 0.25) is 0 Å². The highest BCUT2D eigenvalue weighted by Gasteiger charge is 2.35. The number of nitrogens with zero attached hydrogens (tertiary/aromatic N) is 3. The van der Waals surface area contributed by atoms with E-state index < -0.39 is 0 Å². The minimum atomic E-state index is -0.253. The summed E-state index contributed by atoms with van der Waals surface area (Å²) >= 11 is 0. The average Bonchev–Trinajstić information content (AvgIpc) is 2.85. The number of piperazine rings is 1. The molecule has 2 heterocycles. The molecular formula is C27H30N4O2. The van der Waals surface area contributed by atoms with E-state index in [0.717, 1.165) is 44.0 Å². The summed E-state index contributed by atoms with van der Waals surface area (Å²) in [5.41, 5.74) is 3.70. The molecule has 2 aliphatic rings. The summed E-state index contributed by atoms with van der Waals surface area (Å²) in [5.74, 6) is -0.0543. The molecule has 2 unspecified atom stereocenters. The van der Waals surface area contributed by atoms with Crippen LogP contribution in [0.1, 0.15) is 29.0 Å². The van der Waals surface area contributed by atoms with Crippen molar-refractivity contribution >= 4 is 17.3 Å². The Hall–Kier alpha value is -3.51. The molecule has 6 heteroatoms. The Morgan fingerprint density at radius 1 is 0.939 bits per heavy atom. The van der Waals surface area contributed by atoms with Crippen LogP contribution >= 0.6 is 0 Å². The predicted octanol–water partition coefficient (Wildman–Crippen LogP) is 3.85. The zero-order valence-electron chi connectivity index (χ0n) is 18.9. The second kappa shape index (κ2) is 9.16. The number of aromatic hydroxyl groups is 1. The molecule has 0 aromatic heterocycles. The van der Waals surface area contributed by atoms with Crippen molar-refractivity contribution in [3.8, 4) is 5.75 Å². The quantitative estimate of drug-likeness (QED) is 0.629. The first kappa shape index (κ1) is 21.3. The Labute approximate surface area is 195 Å². The lowest BCUT2D eigenvalue weighted by atomic mass is 10.0. The standard InChI is InChI=1S/C27H30N4O2/c1-20(19-29-14-16-30(17-15-29)22-10-6-3-7-11-22)31-25-13-12-23(32)18-24(25)27(33)28-26(31)21-8-4-2-5-9-21/h2-13,18,20,26,32H,14-17,19H2,1H3,(H,28,33). The van der Waals surface area contributed by atoms with Gasteiger partial charge in [-0.05, 0) is 42.8 Å². The molecule has 1 fully saturated rings. The molecule has 6 nitrogen and oxygen atoms in total. The Balaban J connectivity index is 1.36. The van der Waals surface area contributed by atoms with Gasteiger partial charge < -0.3 is 20.2 Å². The van der Waals surface area contributed by atoms with E-state index in [9.17, 15) is 9.90 Å². The van der Waals surface area contributed by atoms with Crippen LogP contribution in [0, 0.1) is 0 Å². The van der Waals surface area contributed by atoms with E-state index in [-0.39, 0.29) is 23.9 Å². The number of para-hydroxylation sites is 1. The van der Waals surface area contributed by atoms with Gasteiger partial charge in [0.05, 0.1) is 11.3 Å². The fourth-order valence-corrected chi connectivity index (χ4v) is 5.00. The monoisotopic (exact) mass is 442 g/mol. The van der Waals surface area contributed by atoms with E-state index in [4.69, 9.17) is 0 Å². The number of hydrogen-bond acceptors (Lipinski definition) is 5. The molecule has 2 N–H and O–H groups in total. The number of carbonyl (C=O) groups is 1. The Bertz CT molecular complexity index is 1100. The number of anilines is 2. The van der Waals surface area contributed by atoms with E-state index in [0.29, 0.717) is 5.56 Å². The Kier molecular flexibility index (Phi) is 5.92. The van der Waals surface area contributed by atoms with Gasteiger partial charge >= 0.3 is 0 Å². The number of carbonyl (C=O) groups excluding carboxylic acids is 1. The van der Waals surface area contributed by atoms with Gasteiger partial charge in [0.1, 0.15) is 11.9 Å². The van der Waals surface area contributed by atoms with Crippen LogP contribution in [0.3, 0.4) is 0 Å². The fourth-order valence-electron chi connectivity index (χ4n) is 5.00. The van der Waals surface area contributed by atoms with Crippen LogP contribution < -0.4 is 15.1 Å². The summed E-state index contributed by atoms with van der Waals surface area (Å²) in [6.45, 7) is 7.10. The molecule has 1 amide bonds. The maximum absolute atomic E-state index is 12.9. The van der Waals surface area contributed by atoms with Crippen molar-refractivity contribution in [2.45, 2.75) is 19.1 Å². The van der Waals surface area contributed by atoms with Crippen molar-refractivity contribution in [3.63, 3.8) is 0 Å². The third-order valence-electron chi connectivity index (χ3n) is 6.66. The molecule has 1 saturated heterocycles. The molecule has 3 aromatic rings. The molecule has 0 spiro atoms. The number of hydrogen-bond donors (Lipinski definition) is 2. The van der Waals surface area contributed by atoms with E-state index >= 15 is 0 Å². The molecule has 0 radical (unpaired) electrons. The Morgan fingerprint density at radius 3 is 2.30 bits per heavy atom. The summed E-state index contributed by atoms with van der Waals surface area (Å²) in [5, 5.41) is 13.1. The molecule has 0 aliphatic carbocycles. The SMILES string of the molecule is CC(CN1CCN(c2ccccc2)CC1)N1c2ccc(O)cc2C(=O)NC1c1ccccc1. The van der Waals surface area contributed by atoms with Crippen molar-refractivity contribution in [2.75, 3.05) is 42.5 Å². The Morgan fingerprint density at radius 2 is 1.61 bits per heavy atom. The van der Waals surface area contributed by atoms with Crippen molar-refractivity contribution < 1.29 is 9.90 Å². The van der Waals surface area contributed by atoms with Crippen LogP contribution in [0.2, 0.25) is 0 Å². The van der Waals surface area contributed by atoms with Crippen molar-refractivity contribution in [1.82, 2.24) is 10.2 Å². The average molecular weight is 443 g/mol. The molecule has 2 aliphatic heterocycles. The van der Waals surface area contributed by atoms with Gasteiger partial charge in [-0.2, -0.15) is 0 Å². The minimum Gasteiger partial charge on any atom is -0.508 e. The number of fused-ring (bicyclic) bond motifs is 1. The van der Waals surface area contributed by atoms with E-state index in [1.165, 1.54) is 5.69 Å². The van der Waals surface area contributed by atoms with Crippen LogP contribution in [-0.2, 0) is 0 Å². The highest BCUT2D eigenvalue weighted by atomic mass is 16.3. The lowest BCUT2D eigenvalue weighted by Crippen LogP contribution is -2.55. The smallest absolute Gasteiger partial charge is 0.255 e. The normalized spacial score (nSPS) is 19.7. The molecule has 5 rings (SSSR count). The zero-order valence-corrected chi connectivity index (χ0v) is 18.9. The van der Waals surface area contributed by atoms with Crippen LogP contribution in [-0.4, -0.2) is 54.7 Å². The van der Waals surface area contributed by atoms with Gasteiger partial charge in [0.15, 0.2) is 0 Å². The molecule has 0 bridgehead atoms. The first-order valence-corrected chi connectivity index (χ1v) is 11.6. The zero-order chi connectivity index (χ0) is 22.8. The van der Waals surface area contributed by atoms with Crippen LogP contribution in [0.15, 0.2) is 78.9 Å². The van der Waals surface area contributed by atoms with Crippen LogP contribution in [0.5, 0.6) is 5.75 Å². The van der Waals surface area contributed by atoms with Gasteiger partial charge in [-0.1, -0.05) is 48.5 Å². The maximum atomic E-state index is 12.9. The first-order chi connectivity index (χ1) is 16.1. The number of nitrogens with one attached hydrogen (secondary N) is 1. The van der Waals surface area contributed by atoms with Gasteiger partial charge in [0, 0.05) is 44.5 Å². The van der Waals surface area contributed by atoms with Gasteiger partial charge in [-0.25, -0.2) is 0 Å². The van der Waals surface area contributed by atoms with Gasteiger partial charge in [0.25, 0.3) is 5.91 Å². The highest BCUT2D eigenvalue weighted by Crippen LogP contribution is 2.36. The minimum absolute atomic E-state index is 0.103. The second-order valence-electron chi connectivity index (χ2n) is 8.87. The molecule has 0 saturated carbocycles. The molecular weight excluding hydrogens is 412 g/mol. The van der Waals surface area contributed by atoms with Crippen molar-refractivity contribution in [2.24, 2.45) is 0 Å². The molecule has 33 heavy (non-hydrogen) atoms. The van der Waals surface area contributed by atoms with E-state index in [1.807, 2.05) is 24.3 Å². The summed E-state index contributed by atoms with van der Waals surface area (Å²) in [6.07, 6.45) is -0.253. The third kappa shape index (κ3) is 4.39. The first-order valence-electron chi connectivity index (χ1n) is 11.6. The van der Waals surface area contributed by atoms with E-state index in [2.05, 4.69) is 69.4 Å². The highest BCUT2D eigenvalue weighted by molar-refractivity contribution is 6.02. The number of phenolic OH excluding ortho intramolecular Hbond substituents is 1. The summed E-state index contributed by atoms with van der Waals surface area (Å²) < 4.78 is 0. The molecule has 170 valence electrons. The fraction of sp³-hybridized carbons (Fsp3) is 0.296. The second-order valence-corrected chi connectivity index (χ2v) is 8.87. The van der Waals surface area contributed by atoms with E-state index in [1.54, 1.807) is 12.1 Å². The van der Waals surface area contributed by atoms with Gasteiger partial charge in [-0.15, -0.1) is 0 Å². The lowest BCUT2D eigenvalue weighted by Gasteiger charge is -2.45. The number of benzene rings is 3. The topological polar surface area (TPSA) is 59.1 Å². The largest absolute Gasteiger partial charge is 0.508 e. The number of phenols is 1. The molecule has 3 aromatic carbocycles.